The van der Waals surface area contributed by atoms with Crippen LogP contribution in [0, 0.1) is 11.8 Å². The molecule has 0 aromatic carbocycles. The topological polar surface area (TPSA) is 59.6 Å². The molecule has 2 N–H and O–H groups in total. The molecule has 0 radical (unpaired) electrons. The van der Waals surface area contributed by atoms with Gasteiger partial charge < -0.3 is 20.1 Å². The first-order valence-electron chi connectivity index (χ1n) is 6.30. The van der Waals surface area contributed by atoms with Gasteiger partial charge in [0.15, 0.2) is 0 Å². The molecule has 0 saturated carbocycles. The van der Waals surface area contributed by atoms with Crippen molar-refractivity contribution in [3.05, 3.63) is 0 Å². The van der Waals surface area contributed by atoms with Gasteiger partial charge in [-0.3, -0.25) is 4.79 Å². The van der Waals surface area contributed by atoms with Crippen LogP contribution < -0.4 is 10.6 Å². The average molecular weight is 244 g/mol. The maximum atomic E-state index is 11.8. The summed E-state index contributed by atoms with van der Waals surface area (Å²) in [6.07, 6.45) is 0.851. The summed E-state index contributed by atoms with van der Waals surface area (Å²) >= 11 is 0. The first-order valence-corrected chi connectivity index (χ1v) is 6.30. The number of amides is 1. The second kappa shape index (κ2) is 8.44. The summed E-state index contributed by atoms with van der Waals surface area (Å²) in [4.78, 5) is 11.8. The van der Waals surface area contributed by atoms with Crippen molar-refractivity contribution in [3.63, 3.8) is 0 Å². The maximum absolute atomic E-state index is 11.8. The molecule has 1 heterocycles. The Morgan fingerprint density at radius 3 is 2.82 bits per heavy atom. The summed E-state index contributed by atoms with van der Waals surface area (Å²) in [6.45, 7) is 6.45. The SMILES string of the molecule is COCCOCCCNC(=O)C1CNCC1C. The smallest absolute Gasteiger partial charge is 0.224 e. The van der Waals surface area contributed by atoms with Gasteiger partial charge in [0.2, 0.25) is 5.91 Å². The zero-order valence-electron chi connectivity index (χ0n) is 10.8. The monoisotopic (exact) mass is 244 g/mol. The fraction of sp³-hybridized carbons (Fsp3) is 0.917. The van der Waals surface area contributed by atoms with Crippen LogP contribution in [0.15, 0.2) is 0 Å². The van der Waals surface area contributed by atoms with Crippen LogP contribution in [0.5, 0.6) is 0 Å². The van der Waals surface area contributed by atoms with Gasteiger partial charge in [-0.25, -0.2) is 0 Å². The summed E-state index contributed by atoms with van der Waals surface area (Å²) in [5, 5.41) is 6.18. The fourth-order valence-electron chi connectivity index (χ4n) is 1.92. The Morgan fingerprint density at radius 2 is 2.18 bits per heavy atom. The summed E-state index contributed by atoms with van der Waals surface area (Å²) in [5.74, 6) is 0.733. The number of ether oxygens (including phenoxy) is 2. The second-order valence-corrected chi connectivity index (χ2v) is 4.49. The van der Waals surface area contributed by atoms with Gasteiger partial charge in [0.1, 0.15) is 0 Å². The third-order valence-corrected chi connectivity index (χ3v) is 3.05. The zero-order chi connectivity index (χ0) is 12.5. The van der Waals surface area contributed by atoms with E-state index in [9.17, 15) is 4.79 Å². The molecule has 0 aliphatic carbocycles. The number of hydrogen-bond acceptors (Lipinski definition) is 4. The largest absolute Gasteiger partial charge is 0.382 e. The second-order valence-electron chi connectivity index (χ2n) is 4.49. The van der Waals surface area contributed by atoms with E-state index in [2.05, 4.69) is 17.6 Å². The Labute approximate surface area is 103 Å². The predicted octanol–water partition coefficient (Wildman–Crippen LogP) is 0.0112. The normalized spacial score (nSPS) is 23.9. The molecule has 2 atom stereocenters. The molecular formula is C12H24N2O3. The minimum Gasteiger partial charge on any atom is -0.382 e. The number of nitrogens with one attached hydrogen (secondary N) is 2. The van der Waals surface area contributed by atoms with E-state index < -0.39 is 0 Å². The van der Waals surface area contributed by atoms with E-state index in [0.29, 0.717) is 32.3 Å². The van der Waals surface area contributed by atoms with Crippen LogP contribution in [0.25, 0.3) is 0 Å². The lowest BCUT2D eigenvalue weighted by Gasteiger charge is -2.14. The molecule has 1 aliphatic heterocycles. The molecule has 1 rings (SSSR count). The predicted molar refractivity (Wildman–Crippen MR) is 65.8 cm³/mol. The molecule has 5 nitrogen and oxygen atoms in total. The molecule has 5 heteroatoms. The molecule has 17 heavy (non-hydrogen) atoms. The van der Waals surface area contributed by atoms with Gasteiger partial charge in [-0.2, -0.15) is 0 Å². The summed E-state index contributed by atoms with van der Waals surface area (Å²) in [6, 6.07) is 0. The molecular weight excluding hydrogens is 220 g/mol. The Morgan fingerprint density at radius 1 is 1.35 bits per heavy atom. The van der Waals surface area contributed by atoms with E-state index in [-0.39, 0.29) is 11.8 Å². The van der Waals surface area contributed by atoms with Crippen molar-refractivity contribution in [2.75, 3.05) is 46.6 Å². The van der Waals surface area contributed by atoms with Crippen LogP contribution in [-0.4, -0.2) is 52.5 Å². The van der Waals surface area contributed by atoms with Crippen molar-refractivity contribution in [2.45, 2.75) is 13.3 Å². The minimum absolute atomic E-state index is 0.129. The van der Waals surface area contributed by atoms with E-state index in [0.717, 1.165) is 19.5 Å². The van der Waals surface area contributed by atoms with Gasteiger partial charge >= 0.3 is 0 Å². The molecule has 1 fully saturated rings. The number of carbonyl (C=O) groups is 1. The number of hydrogen-bond donors (Lipinski definition) is 2. The fourth-order valence-corrected chi connectivity index (χ4v) is 1.92. The van der Waals surface area contributed by atoms with Crippen LogP contribution in [0.2, 0.25) is 0 Å². The molecule has 1 saturated heterocycles. The van der Waals surface area contributed by atoms with Crippen molar-refractivity contribution in [1.82, 2.24) is 10.6 Å². The van der Waals surface area contributed by atoms with Gasteiger partial charge in [-0.05, 0) is 18.9 Å². The lowest BCUT2D eigenvalue weighted by molar-refractivity contribution is -0.125. The average Bonchev–Trinajstić information content (AvgIpc) is 2.74. The third kappa shape index (κ3) is 5.48. The van der Waals surface area contributed by atoms with Crippen molar-refractivity contribution in [1.29, 1.82) is 0 Å². The van der Waals surface area contributed by atoms with Crippen LogP contribution in [-0.2, 0) is 14.3 Å². The van der Waals surface area contributed by atoms with E-state index >= 15 is 0 Å². The quantitative estimate of drug-likeness (QED) is 0.591. The van der Waals surface area contributed by atoms with Crippen LogP contribution in [0.3, 0.4) is 0 Å². The van der Waals surface area contributed by atoms with E-state index in [1.54, 1.807) is 7.11 Å². The Kier molecular flexibility index (Phi) is 7.16. The lowest BCUT2D eigenvalue weighted by Crippen LogP contribution is -2.35. The number of carbonyl (C=O) groups excluding carboxylic acids is 1. The lowest BCUT2D eigenvalue weighted by atomic mass is 9.97. The van der Waals surface area contributed by atoms with Gasteiger partial charge in [0.25, 0.3) is 0 Å². The summed E-state index contributed by atoms with van der Waals surface area (Å²) in [7, 11) is 1.65. The summed E-state index contributed by atoms with van der Waals surface area (Å²) < 4.78 is 10.2. The Hall–Kier alpha value is -0.650. The third-order valence-electron chi connectivity index (χ3n) is 3.05. The van der Waals surface area contributed by atoms with Gasteiger partial charge in [0, 0.05) is 26.8 Å². The van der Waals surface area contributed by atoms with Gasteiger partial charge in [-0.15, -0.1) is 0 Å². The Bertz CT molecular complexity index is 224. The standard InChI is InChI=1S/C12H24N2O3/c1-10-8-13-9-11(10)12(15)14-4-3-5-17-7-6-16-2/h10-11,13H,3-9H2,1-2H3,(H,14,15). The summed E-state index contributed by atoms with van der Waals surface area (Å²) in [5.41, 5.74) is 0. The highest BCUT2D eigenvalue weighted by Gasteiger charge is 2.28. The van der Waals surface area contributed by atoms with Crippen molar-refractivity contribution in [3.8, 4) is 0 Å². The Balaban J connectivity index is 1.97. The number of methoxy groups -OCH3 is 1. The highest BCUT2D eigenvalue weighted by Crippen LogP contribution is 2.15. The van der Waals surface area contributed by atoms with Crippen LogP contribution in [0.4, 0.5) is 0 Å². The van der Waals surface area contributed by atoms with Crippen molar-refractivity contribution in [2.24, 2.45) is 11.8 Å². The maximum Gasteiger partial charge on any atom is 0.224 e. The molecule has 1 aliphatic rings. The van der Waals surface area contributed by atoms with E-state index in [4.69, 9.17) is 9.47 Å². The van der Waals surface area contributed by atoms with Gasteiger partial charge in [0.05, 0.1) is 19.1 Å². The first-order chi connectivity index (χ1) is 8.25. The molecule has 2 unspecified atom stereocenters. The molecule has 0 aromatic heterocycles. The van der Waals surface area contributed by atoms with Crippen LogP contribution >= 0.6 is 0 Å². The molecule has 0 spiro atoms. The zero-order valence-corrected chi connectivity index (χ0v) is 10.8. The molecule has 0 bridgehead atoms. The van der Waals surface area contributed by atoms with Gasteiger partial charge in [-0.1, -0.05) is 6.92 Å². The van der Waals surface area contributed by atoms with E-state index in [1.165, 1.54) is 0 Å². The number of rotatable bonds is 8. The highest BCUT2D eigenvalue weighted by atomic mass is 16.5. The first kappa shape index (κ1) is 14.4. The highest BCUT2D eigenvalue weighted by molar-refractivity contribution is 5.79. The van der Waals surface area contributed by atoms with Crippen LogP contribution in [0.1, 0.15) is 13.3 Å². The molecule has 1 amide bonds. The minimum atomic E-state index is 0.129. The molecule has 0 aromatic rings. The molecule has 100 valence electrons. The van der Waals surface area contributed by atoms with Crippen molar-refractivity contribution >= 4 is 5.91 Å². The van der Waals surface area contributed by atoms with Crippen molar-refractivity contribution < 1.29 is 14.3 Å². The van der Waals surface area contributed by atoms with E-state index in [1.807, 2.05) is 0 Å².